The largest absolute Gasteiger partial charge is 0.497 e. The lowest BCUT2D eigenvalue weighted by molar-refractivity contribution is 0.415. The minimum Gasteiger partial charge on any atom is -0.497 e. The quantitative estimate of drug-likeness (QED) is 0.864. The predicted molar refractivity (Wildman–Crippen MR) is 81.2 cm³/mol. The molecule has 0 fully saturated rings. The molecule has 102 valence electrons. The first kappa shape index (κ1) is 13.8. The molecule has 0 saturated heterocycles. The Morgan fingerprint density at radius 2 is 1.80 bits per heavy atom. The molecule has 0 radical (unpaired) electrons. The minimum absolute atomic E-state index is 0.316. The zero-order valence-electron chi connectivity index (χ0n) is 11.6. The highest BCUT2D eigenvalue weighted by Gasteiger charge is 2.07. The lowest BCUT2D eigenvalue weighted by atomic mass is 10.1. The van der Waals surface area contributed by atoms with E-state index in [2.05, 4.69) is 6.07 Å². The molecule has 0 spiro atoms. The van der Waals surface area contributed by atoms with Crippen LogP contribution in [0.25, 0.3) is 0 Å². The molecule has 20 heavy (non-hydrogen) atoms. The summed E-state index contributed by atoms with van der Waals surface area (Å²) in [7, 11) is 3.62. The second kappa shape index (κ2) is 5.98. The number of hydrogen-bond acceptors (Lipinski definition) is 4. The van der Waals surface area contributed by atoms with E-state index < -0.39 is 0 Å². The van der Waals surface area contributed by atoms with Crippen LogP contribution in [0.5, 0.6) is 5.75 Å². The monoisotopic (exact) mass is 267 g/mol. The first-order valence-corrected chi connectivity index (χ1v) is 6.29. The van der Waals surface area contributed by atoms with Gasteiger partial charge >= 0.3 is 0 Å². The first-order chi connectivity index (χ1) is 9.65. The summed E-state index contributed by atoms with van der Waals surface area (Å²) < 4.78 is 5.15. The summed E-state index contributed by atoms with van der Waals surface area (Å²) in [6, 6.07) is 15.7. The topological polar surface area (TPSA) is 62.3 Å². The van der Waals surface area contributed by atoms with Crippen molar-refractivity contribution in [3.63, 3.8) is 0 Å². The molecule has 0 heterocycles. The first-order valence-electron chi connectivity index (χ1n) is 6.29. The molecule has 2 N–H and O–H groups in total. The highest BCUT2D eigenvalue weighted by atomic mass is 16.5. The van der Waals surface area contributed by atoms with Crippen molar-refractivity contribution in [2.24, 2.45) is 0 Å². The van der Waals surface area contributed by atoms with Crippen LogP contribution in [0.4, 0.5) is 17.1 Å². The molecule has 0 amide bonds. The van der Waals surface area contributed by atoms with E-state index in [1.54, 1.807) is 7.11 Å². The Morgan fingerprint density at radius 3 is 2.40 bits per heavy atom. The summed E-state index contributed by atoms with van der Waals surface area (Å²) in [6.45, 7) is 0. The van der Waals surface area contributed by atoms with Gasteiger partial charge in [0, 0.05) is 24.1 Å². The molecular weight excluding hydrogens is 250 g/mol. The van der Waals surface area contributed by atoms with Crippen molar-refractivity contribution < 1.29 is 4.74 Å². The van der Waals surface area contributed by atoms with Crippen LogP contribution >= 0.6 is 0 Å². The molecule has 0 saturated carbocycles. The van der Waals surface area contributed by atoms with E-state index in [9.17, 15) is 0 Å². The van der Waals surface area contributed by atoms with Crippen molar-refractivity contribution in [1.82, 2.24) is 0 Å². The number of nitrogens with zero attached hydrogens (tertiary/aromatic N) is 2. The average Bonchev–Trinajstić information content (AvgIpc) is 2.49. The average molecular weight is 267 g/mol. The fourth-order valence-corrected chi connectivity index (χ4v) is 1.99. The molecule has 0 atom stereocenters. The van der Waals surface area contributed by atoms with E-state index in [4.69, 9.17) is 15.7 Å². The van der Waals surface area contributed by atoms with Gasteiger partial charge in [-0.05, 0) is 48.0 Å². The zero-order valence-corrected chi connectivity index (χ0v) is 11.6. The van der Waals surface area contributed by atoms with Crippen LogP contribution in [0.1, 0.15) is 5.56 Å². The summed E-state index contributed by atoms with van der Waals surface area (Å²) in [6.07, 6.45) is 0.316. The van der Waals surface area contributed by atoms with Crippen molar-refractivity contribution in [3.8, 4) is 11.8 Å². The van der Waals surface area contributed by atoms with Crippen molar-refractivity contribution in [1.29, 1.82) is 5.26 Å². The Labute approximate surface area is 119 Å². The number of nitriles is 1. The molecule has 2 aromatic rings. The van der Waals surface area contributed by atoms with Crippen molar-refractivity contribution in [2.45, 2.75) is 6.42 Å². The predicted octanol–water partition coefficient (Wildman–Crippen LogP) is 3.11. The lowest BCUT2D eigenvalue weighted by Gasteiger charge is -2.21. The zero-order chi connectivity index (χ0) is 14.5. The molecule has 4 heteroatoms. The molecule has 0 bridgehead atoms. The van der Waals surface area contributed by atoms with Crippen molar-refractivity contribution in [2.75, 3.05) is 24.8 Å². The summed E-state index contributed by atoms with van der Waals surface area (Å²) >= 11 is 0. The third-order valence-corrected chi connectivity index (χ3v) is 3.24. The second-order valence-corrected chi connectivity index (χ2v) is 4.48. The molecule has 0 aromatic heterocycles. The van der Waals surface area contributed by atoms with E-state index in [0.717, 1.165) is 22.7 Å². The van der Waals surface area contributed by atoms with Gasteiger partial charge in [-0.1, -0.05) is 0 Å². The fraction of sp³-hybridized carbons (Fsp3) is 0.188. The Bertz CT molecular complexity index is 629. The fourth-order valence-electron chi connectivity index (χ4n) is 1.99. The van der Waals surface area contributed by atoms with Crippen molar-refractivity contribution >= 4 is 17.1 Å². The normalized spacial score (nSPS) is 9.85. The van der Waals surface area contributed by atoms with Gasteiger partial charge in [0.25, 0.3) is 0 Å². The SMILES string of the molecule is COc1ccc(N(C)c2ccc(N)c(CC#N)c2)cc1. The van der Waals surface area contributed by atoms with Gasteiger partial charge in [0.15, 0.2) is 0 Å². The van der Waals surface area contributed by atoms with E-state index in [1.165, 1.54) is 0 Å². The van der Waals surface area contributed by atoms with Gasteiger partial charge in [-0.25, -0.2) is 0 Å². The van der Waals surface area contributed by atoms with Crippen molar-refractivity contribution in [3.05, 3.63) is 48.0 Å². The van der Waals surface area contributed by atoms with E-state index in [0.29, 0.717) is 12.1 Å². The van der Waals surface area contributed by atoms with E-state index in [1.807, 2.05) is 54.4 Å². The van der Waals surface area contributed by atoms with Gasteiger partial charge in [-0.15, -0.1) is 0 Å². The van der Waals surface area contributed by atoms with Gasteiger partial charge in [-0.2, -0.15) is 5.26 Å². The van der Waals surface area contributed by atoms with Gasteiger partial charge in [0.1, 0.15) is 5.75 Å². The van der Waals surface area contributed by atoms with Crippen LogP contribution in [0.15, 0.2) is 42.5 Å². The number of nitrogens with two attached hydrogens (primary N) is 1. The van der Waals surface area contributed by atoms with E-state index in [-0.39, 0.29) is 0 Å². The summed E-state index contributed by atoms with van der Waals surface area (Å²) in [5, 5.41) is 8.82. The highest BCUT2D eigenvalue weighted by molar-refractivity contribution is 5.67. The van der Waals surface area contributed by atoms with Crippen LogP contribution in [0.3, 0.4) is 0 Å². The van der Waals surface area contributed by atoms with Gasteiger partial charge in [0.2, 0.25) is 0 Å². The highest BCUT2D eigenvalue weighted by Crippen LogP contribution is 2.28. The Hall–Kier alpha value is -2.67. The van der Waals surface area contributed by atoms with Crippen LogP contribution in [0, 0.1) is 11.3 Å². The molecule has 2 aromatic carbocycles. The van der Waals surface area contributed by atoms with Crippen LogP contribution in [0.2, 0.25) is 0 Å². The molecule has 0 aliphatic carbocycles. The number of methoxy groups -OCH3 is 1. The Balaban J connectivity index is 2.30. The number of hydrogen-bond donors (Lipinski definition) is 1. The Kier molecular flexibility index (Phi) is 4.11. The standard InChI is InChI=1S/C16H17N3O/c1-19(13-3-6-15(20-2)7-4-13)14-5-8-16(18)12(11-14)9-10-17/h3-8,11H,9,18H2,1-2H3. The third kappa shape index (κ3) is 2.83. The molecular formula is C16H17N3O. The minimum atomic E-state index is 0.316. The number of rotatable bonds is 4. The lowest BCUT2D eigenvalue weighted by Crippen LogP contribution is -2.10. The summed E-state index contributed by atoms with van der Waals surface area (Å²) in [4.78, 5) is 2.04. The number of nitrogen functional groups attached to an aromatic ring is 1. The molecule has 4 nitrogen and oxygen atoms in total. The number of benzene rings is 2. The number of anilines is 3. The maximum atomic E-state index is 8.82. The Morgan fingerprint density at radius 1 is 1.15 bits per heavy atom. The van der Waals surface area contributed by atoms with Gasteiger partial charge < -0.3 is 15.4 Å². The van der Waals surface area contributed by atoms with Crippen LogP contribution in [-0.2, 0) is 6.42 Å². The molecule has 0 unspecified atom stereocenters. The van der Waals surface area contributed by atoms with E-state index >= 15 is 0 Å². The third-order valence-electron chi connectivity index (χ3n) is 3.24. The maximum absolute atomic E-state index is 8.82. The van der Waals surface area contributed by atoms with Crippen LogP contribution in [-0.4, -0.2) is 14.2 Å². The maximum Gasteiger partial charge on any atom is 0.119 e. The smallest absolute Gasteiger partial charge is 0.119 e. The van der Waals surface area contributed by atoms with Gasteiger partial charge in [-0.3, -0.25) is 0 Å². The molecule has 0 aliphatic heterocycles. The van der Waals surface area contributed by atoms with Gasteiger partial charge in [0.05, 0.1) is 19.6 Å². The molecule has 0 aliphatic rings. The summed E-state index contributed by atoms with van der Waals surface area (Å²) in [5.74, 6) is 0.824. The molecule has 2 rings (SSSR count). The summed E-state index contributed by atoms with van der Waals surface area (Å²) in [5.41, 5.74) is 9.40. The second-order valence-electron chi connectivity index (χ2n) is 4.48. The number of ether oxygens (including phenoxy) is 1. The van der Waals surface area contributed by atoms with Crippen LogP contribution < -0.4 is 15.4 Å².